The van der Waals surface area contributed by atoms with Crippen molar-refractivity contribution in [3.8, 4) is 5.75 Å². The van der Waals surface area contributed by atoms with Gasteiger partial charge >= 0.3 is 5.69 Å². The summed E-state index contributed by atoms with van der Waals surface area (Å²) >= 11 is 0. The highest BCUT2D eigenvalue weighted by Gasteiger charge is 2.16. The SMILES string of the molecule is COc1ccccc1CC(=O)Nc1ccc(F)c([N+](=O)[O-])c1. The standard InChI is InChI=1S/C15H13FN2O4/c1-22-14-5-3-2-4-10(14)8-15(19)17-11-6-7-12(16)13(9-11)18(20)21/h2-7,9H,8H2,1H3,(H,17,19). The van der Waals surface area contributed by atoms with E-state index >= 15 is 0 Å². The lowest BCUT2D eigenvalue weighted by Crippen LogP contribution is -2.15. The maximum atomic E-state index is 13.2. The van der Waals surface area contributed by atoms with Gasteiger partial charge in [0.2, 0.25) is 11.7 Å². The molecule has 0 spiro atoms. The zero-order valence-electron chi connectivity index (χ0n) is 11.7. The van der Waals surface area contributed by atoms with E-state index in [1.807, 2.05) is 0 Å². The lowest BCUT2D eigenvalue weighted by Gasteiger charge is -2.09. The van der Waals surface area contributed by atoms with Gasteiger partial charge in [0.25, 0.3) is 0 Å². The van der Waals surface area contributed by atoms with E-state index in [4.69, 9.17) is 4.74 Å². The third kappa shape index (κ3) is 3.57. The van der Waals surface area contributed by atoms with Gasteiger partial charge in [0.1, 0.15) is 5.75 Å². The molecule has 114 valence electrons. The highest BCUT2D eigenvalue weighted by molar-refractivity contribution is 5.92. The van der Waals surface area contributed by atoms with E-state index in [0.717, 1.165) is 12.1 Å². The van der Waals surface area contributed by atoms with Crippen LogP contribution < -0.4 is 10.1 Å². The minimum Gasteiger partial charge on any atom is -0.496 e. The van der Waals surface area contributed by atoms with E-state index in [2.05, 4.69) is 5.32 Å². The number of hydrogen-bond donors (Lipinski definition) is 1. The zero-order valence-corrected chi connectivity index (χ0v) is 11.7. The Morgan fingerprint density at radius 3 is 2.73 bits per heavy atom. The van der Waals surface area contributed by atoms with Crippen molar-refractivity contribution in [1.82, 2.24) is 0 Å². The predicted molar refractivity (Wildman–Crippen MR) is 78.4 cm³/mol. The van der Waals surface area contributed by atoms with Gasteiger partial charge in [0.15, 0.2) is 0 Å². The van der Waals surface area contributed by atoms with Gasteiger partial charge in [-0.25, -0.2) is 0 Å². The molecule has 0 radical (unpaired) electrons. The summed E-state index contributed by atoms with van der Waals surface area (Å²) in [6, 6.07) is 10.2. The minimum absolute atomic E-state index is 0.0369. The van der Waals surface area contributed by atoms with E-state index in [1.54, 1.807) is 24.3 Å². The van der Waals surface area contributed by atoms with E-state index in [1.165, 1.54) is 13.2 Å². The summed E-state index contributed by atoms with van der Waals surface area (Å²) in [6.07, 6.45) is 0.0369. The highest BCUT2D eigenvalue weighted by atomic mass is 19.1. The van der Waals surface area contributed by atoms with Gasteiger partial charge in [-0.3, -0.25) is 14.9 Å². The molecule has 0 unspecified atom stereocenters. The minimum atomic E-state index is -0.951. The molecule has 22 heavy (non-hydrogen) atoms. The number of nitrogens with zero attached hydrogens (tertiary/aromatic N) is 1. The number of carbonyl (C=O) groups excluding carboxylic acids is 1. The van der Waals surface area contributed by atoms with Crippen LogP contribution in [0.2, 0.25) is 0 Å². The van der Waals surface area contributed by atoms with Crippen molar-refractivity contribution in [2.24, 2.45) is 0 Å². The molecular weight excluding hydrogens is 291 g/mol. The van der Waals surface area contributed by atoms with E-state index in [0.29, 0.717) is 11.3 Å². The number of carbonyl (C=O) groups is 1. The summed E-state index contributed by atoms with van der Waals surface area (Å²) in [4.78, 5) is 21.8. The van der Waals surface area contributed by atoms with Crippen molar-refractivity contribution in [3.05, 3.63) is 64.0 Å². The van der Waals surface area contributed by atoms with Gasteiger partial charge in [-0.2, -0.15) is 4.39 Å². The van der Waals surface area contributed by atoms with Crippen LogP contribution in [-0.2, 0) is 11.2 Å². The zero-order chi connectivity index (χ0) is 16.1. The van der Waals surface area contributed by atoms with Crippen molar-refractivity contribution in [2.45, 2.75) is 6.42 Å². The van der Waals surface area contributed by atoms with Crippen LogP contribution in [0.1, 0.15) is 5.56 Å². The fraction of sp³-hybridized carbons (Fsp3) is 0.133. The number of nitro benzene ring substituents is 1. The lowest BCUT2D eigenvalue weighted by molar-refractivity contribution is -0.387. The van der Waals surface area contributed by atoms with Crippen molar-refractivity contribution >= 4 is 17.3 Å². The van der Waals surface area contributed by atoms with Crippen LogP contribution in [0.3, 0.4) is 0 Å². The van der Waals surface area contributed by atoms with E-state index < -0.39 is 16.4 Å². The quantitative estimate of drug-likeness (QED) is 0.680. The van der Waals surface area contributed by atoms with Crippen molar-refractivity contribution in [2.75, 3.05) is 12.4 Å². The molecule has 2 aromatic carbocycles. The Bertz CT molecular complexity index is 718. The van der Waals surface area contributed by atoms with Crippen molar-refractivity contribution < 1.29 is 18.8 Å². The first-order valence-electron chi connectivity index (χ1n) is 6.37. The first kappa shape index (κ1) is 15.4. The number of methoxy groups -OCH3 is 1. The Balaban J connectivity index is 2.12. The fourth-order valence-electron chi connectivity index (χ4n) is 1.96. The summed E-state index contributed by atoms with van der Waals surface area (Å²) in [5, 5.41) is 13.2. The summed E-state index contributed by atoms with van der Waals surface area (Å²) < 4.78 is 18.4. The maximum Gasteiger partial charge on any atom is 0.306 e. The van der Waals surface area contributed by atoms with Crippen LogP contribution >= 0.6 is 0 Å². The number of hydrogen-bond acceptors (Lipinski definition) is 4. The molecule has 1 amide bonds. The number of amides is 1. The van der Waals surface area contributed by atoms with Gasteiger partial charge < -0.3 is 10.1 Å². The maximum absolute atomic E-state index is 13.2. The van der Waals surface area contributed by atoms with E-state index in [-0.39, 0.29) is 18.0 Å². The predicted octanol–water partition coefficient (Wildman–Crippen LogP) is 2.92. The number of benzene rings is 2. The largest absolute Gasteiger partial charge is 0.496 e. The Kier molecular flexibility index (Phi) is 4.67. The fourth-order valence-corrected chi connectivity index (χ4v) is 1.96. The molecule has 0 bridgehead atoms. The van der Waals surface area contributed by atoms with Crippen LogP contribution in [-0.4, -0.2) is 17.9 Å². The van der Waals surface area contributed by atoms with Gasteiger partial charge in [0, 0.05) is 17.3 Å². The first-order valence-corrected chi connectivity index (χ1v) is 6.37. The van der Waals surface area contributed by atoms with Crippen molar-refractivity contribution in [3.63, 3.8) is 0 Å². The molecule has 1 N–H and O–H groups in total. The molecule has 0 aliphatic heterocycles. The first-order chi connectivity index (χ1) is 10.5. The molecule has 0 saturated heterocycles. The van der Waals surface area contributed by atoms with Crippen LogP contribution in [0.5, 0.6) is 5.75 Å². The molecule has 0 atom stereocenters. The van der Waals surface area contributed by atoms with Gasteiger partial charge in [-0.15, -0.1) is 0 Å². The number of halogens is 1. The Labute approximate surface area is 125 Å². The third-order valence-electron chi connectivity index (χ3n) is 2.97. The summed E-state index contributed by atoms with van der Waals surface area (Å²) in [5.41, 5.74) is 0.155. The molecule has 2 aromatic rings. The smallest absolute Gasteiger partial charge is 0.306 e. The third-order valence-corrected chi connectivity index (χ3v) is 2.97. The summed E-state index contributed by atoms with van der Waals surface area (Å²) in [6.45, 7) is 0. The highest BCUT2D eigenvalue weighted by Crippen LogP contribution is 2.22. The van der Waals surface area contributed by atoms with Gasteiger partial charge in [-0.05, 0) is 18.2 Å². The molecule has 0 heterocycles. The second-order valence-electron chi connectivity index (χ2n) is 4.46. The molecule has 0 aliphatic carbocycles. The topological polar surface area (TPSA) is 81.5 Å². The van der Waals surface area contributed by atoms with E-state index in [9.17, 15) is 19.3 Å². The number of anilines is 1. The van der Waals surface area contributed by atoms with Crippen LogP contribution in [0.4, 0.5) is 15.8 Å². The second-order valence-corrected chi connectivity index (χ2v) is 4.46. The molecule has 2 rings (SSSR count). The average molecular weight is 304 g/mol. The average Bonchev–Trinajstić information content (AvgIpc) is 2.49. The number of rotatable bonds is 5. The van der Waals surface area contributed by atoms with Gasteiger partial charge in [-0.1, -0.05) is 18.2 Å². The normalized spacial score (nSPS) is 10.1. The number of nitrogens with one attached hydrogen (secondary N) is 1. The summed E-state index contributed by atoms with van der Waals surface area (Å²) in [7, 11) is 1.50. The molecule has 0 saturated carbocycles. The Morgan fingerprint density at radius 1 is 1.32 bits per heavy atom. The Hall–Kier alpha value is -2.96. The molecule has 0 aliphatic rings. The molecule has 7 heteroatoms. The van der Waals surface area contributed by atoms with Gasteiger partial charge in [0.05, 0.1) is 18.5 Å². The molecule has 0 aromatic heterocycles. The molecule has 0 fully saturated rings. The van der Waals surface area contributed by atoms with Crippen LogP contribution in [0.25, 0.3) is 0 Å². The number of nitro groups is 1. The monoisotopic (exact) mass is 304 g/mol. The Morgan fingerprint density at radius 2 is 2.05 bits per heavy atom. The number of para-hydroxylation sites is 1. The van der Waals surface area contributed by atoms with Crippen LogP contribution in [0, 0.1) is 15.9 Å². The summed E-state index contributed by atoms with van der Waals surface area (Å²) in [5.74, 6) is -0.763. The molecular formula is C15H13FN2O4. The van der Waals surface area contributed by atoms with Crippen LogP contribution in [0.15, 0.2) is 42.5 Å². The van der Waals surface area contributed by atoms with Crippen molar-refractivity contribution in [1.29, 1.82) is 0 Å². The number of ether oxygens (including phenoxy) is 1. The molecule has 6 nitrogen and oxygen atoms in total. The lowest BCUT2D eigenvalue weighted by atomic mass is 10.1. The second kappa shape index (κ2) is 6.66.